The molecular formula is C22H22N2O4S. The van der Waals surface area contributed by atoms with Crippen LogP contribution in [-0.4, -0.2) is 15.9 Å². The molecule has 0 spiro atoms. The van der Waals surface area contributed by atoms with Crippen LogP contribution in [0.25, 0.3) is 0 Å². The van der Waals surface area contributed by atoms with Crippen LogP contribution in [0.4, 0.5) is 0 Å². The molecule has 0 amide bonds. The van der Waals surface area contributed by atoms with Crippen molar-refractivity contribution in [3.8, 4) is 5.75 Å². The molecule has 0 bridgehead atoms. The van der Waals surface area contributed by atoms with Crippen LogP contribution >= 0.6 is 11.8 Å². The Morgan fingerprint density at radius 1 is 1.14 bits per heavy atom. The summed E-state index contributed by atoms with van der Waals surface area (Å²) in [6, 6.07) is 12.6. The molecule has 0 aliphatic carbocycles. The number of esters is 1. The summed E-state index contributed by atoms with van der Waals surface area (Å²) in [7, 11) is 0. The van der Waals surface area contributed by atoms with Gasteiger partial charge in [0.25, 0.3) is 0 Å². The third-order valence-corrected chi connectivity index (χ3v) is 5.13. The van der Waals surface area contributed by atoms with Gasteiger partial charge in [-0.2, -0.15) is 0 Å². The van der Waals surface area contributed by atoms with Gasteiger partial charge in [-0.1, -0.05) is 49.0 Å². The number of carbonyl (C=O) groups is 1. The van der Waals surface area contributed by atoms with E-state index in [1.54, 1.807) is 0 Å². The molecule has 0 saturated carbocycles. The van der Waals surface area contributed by atoms with E-state index < -0.39 is 17.3 Å². The fourth-order valence-corrected chi connectivity index (χ4v) is 3.73. The molecule has 0 radical (unpaired) electrons. The van der Waals surface area contributed by atoms with E-state index in [2.05, 4.69) is 9.97 Å². The Bertz CT molecular complexity index is 1030. The lowest BCUT2D eigenvalue weighted by molar-refractivity contribution is -0.136. The minimum absolute atomic E-state index is 0.110. The van der Waals surface area contributed by atoms with E-state index in [4.69, 9.17) is 9.15 Å². The maximum absolute atomic E-state index is 12.5. The van der Waals surface area contributed by atoms with Crippen LogP contribution in [0.15, 0.2) is 63.1 Å². The predicted octanol–water partition coefficient (Wildman–Crippen LogP) is 4.44. The largest absolute Gasteiger partial charge is 0.464 e. The molecule has 29 heavy (non-hydrogen) atoms. The van der Waals surface area contributed by atoms with E-state index in [0.29, 0.717) is 23.1 Å². The summed E-state index contributed by atoms with van der Waals surface area (Å²) in [6.07, 6.45) is 1.76. The molecule has 1 aromatic carbocycles. The normalized spacial score (nSPS) is 11.8. The molecule has 6 nitrogen and oxygen atoms in total. The molecule has 0 fully saturated rings. The van der Waals surface area contributed by atoms with Gasteiger partial charge in [-0.15, -0.1) is 0 Å². The molecular weight excluding hydrogens is 388 g/mol. The van der Waals surface area contributed by atoms with Crippen LogP contribution in [0.5, 0.6) is 5.75 Å². The van der Waals surface area contributed by atoms with Crippen molar-refractivity contribution >= 4 is 17.7 Å². The summed E-state index contributed by atoms with van der Waals surface area (Å²) in [6.45, 7) is 5.71. The molecule has 7 heteroatoms. The van der Waals surface area contributed by atoms with Gasteiger partial charge in [-0.3, -0.25) is 9.59 Å². The number of benzene rings is 1. The topological polar surface area (TPSA) is 82.3 Å². The lowest BCUT2D eigenvalue weighted by atomic mass is 9.97. The minimum atomic E-state index is -0.475. The Balaban J connectivity index is 1.67. The van der Waals surface area contributed by atoms with Crippen LogP contribution in [0.1, 0.15) is 42.0 Å². The fraction of sp³-hybridized carbons (Fsp3) is 0.273. The van der Waals surface area contributed by atoms with Crippen LogP contribution in [-0.2, 0) is 10.5 Å². The van der Waals surface area contributed by atoms with Crippen molar-refractivity contribution in [1.29, 1.82) is 0 Å². The molecule has 0 saturated heterocycles. The number of aromatic nitrogens is 2. The van der Waals surface area contributed by atoms with Crippen molar-refractivity contribution in [2.24, 2.45) is 0 Å². The number of thioether (sulfide) groups is 1. The zero-order valence-electron chi connectivity index (χ0n) is 16.5. The Hall–Kier alpha value is -2.93. The van der Waals surface area contributed by atoms with Crippen LogP contribution in [0, 0.1) is 13.8 Å². The zero-order chi connectivity index (χ0) is 20.8. The first-order valence-electron chi connectivity index (χ1n) is 9.29. The van der Waals surface area contributed by atoms with Crippen molar-refractivity contribution in [2.45, 2.75) is 44.0 Å². The third kappa shape index (κ3) is 5.54. The average molecular weight is 410 g/mol. The van der Waals surface area contributed by atoms with Gasteiger partial charge in [-0.25, -0.2) is 9.97 Å². The zero-order valence-corrected chi connectivity index (χ0v) is 17.4. The number of carbonyl (C=O) groups excluding carboxylic acids is 1. The minimum Gasteiger partial charge on any atom is -0.464 e. The molecule has 1 atom stereocenters. The molecule has 2 heterocycles. The molecule has 3 rings (SSSR count). The Morgan fingerprint density at radius 2 is 1.83 bits per heavy atom. The quantitative estimate of drug-likeness (QED) is 0.323. The van der Waals surface area contributed by atoms with Gasteiger partial charge < -0.3 is 9.15 Å². The SMILES string of the molecule is CCC(C(=O)Oc1coc(CSc2nc(C)cc(C)n2)cc1=O)c1ccccc1. The van der Waals surface area contributed by atoms with E-state index in [1.807, 2.05) is 57.2 Å². The smallest absolute Gasteiger partial charge is 0.319 e. The predicted molar refractivity (Wildman–Crippen MR) is 111 cm³/mol. The number of nitrogens with zero attached hydrogens (tertiary/aromatic N) is 2. The summed E-state index contributed by atoms with van der Waals surface area (Å²) >= 11 is 1.37. The first kappa shape index (κ1) is 20.8. The number of aryl methyl sites for hydroxylation is 2. The summed E-state index contributed by atoms with van der Waals surface area (Å²) in [5.74, 6) is -0.170. The highest BCUT2D eigenvalue weighted by Gasteiger charge is 2.22. The summed E-state index contributed by atoms with van der Waals surface area (Å²) in [5, 5.41) is 0.620. The van der Waals surface area contributed by atoms with Crippen molar-refractivity contribution in [3.63, 3.8) is 0 Å². The number of rotatable bonds is 7. The van der Waals surface area contributed by atoms with Gasteiger partial charge >= 0.3 is 5.97 Å². The molecule has 3 aromatic rings. The van der Waals surface area contributed by atoms with Gasteiger partial charge in [0.1, 0.15) is 12.0 Å². The molecule has 0 aliphatic rings. The summed E-state index contributed by atoms with van der Waals surface area (Å²) < 4.78 is 10.8. The fourth-order valence-electron chi connectivity index (χ4n) is 2.89. The highest BCUT2D eigenvalue weighted by atomic mass is 32.2. The van der Waals surface area contributed by atoms with E-state index in [1.165, 1.54) is 24.1 Å². The highest BCUT2D eigenvalue weighted by Crippen LogP contribution is 2.23. The Labute approximate surface area is 173 Å². The van der Waals surface area contributed by atoms with E-state index in [9.17, 15) is 9.59 Å². The summed E-state index contributed by atoms with van der Waals surface area (Å²) in [4.78, 5) is 33.6. The van der Waals surface area contributed by atoms with Crippen molar-refractivity contribution in [3.05, 3.63) is 81.7 Å². The second-order valence-electron chi connectivity index (χ2n) is 6.59. The molecule has 0 N–H and O–H groups in total. The van der Waals surface area contributed by atoms with Crippen molar-refractivity contribution in [2.75, 3.05) is 0 Å². The van der Waals surface area contributed by atoms with E-state index >= 15 is 0 Å². The van der Waals surface area contributed by atoms with E-state index in [-0.39, 0.29) is 5.75 Å². The van der Waals surface area contributed by atoms with Gasteiger partial charge in [0.05, 0.1) is 11.7 Å². The lowest BCUT2D eigenvalue weighted by Crippen LogP contribution is -2.21. The van der Waals surface area contributed by atoms with Crippen LogP contribution in [0.3, 0.4) is 0 Å². The Morgan fingerprint density at radius 3 is 2.45 bits per heavy atom. The molecule has 150 valence electrons. The molecule has 2 aromatic heterocycles. The number of hydrogen-bond donors (Lipinski definition) is 0. The van der Waals surface area contributed by atoms with Crippen LogP contribution in [0.2, 0.25) is 0 Å². The van der Waals surface area contributed by atoms with Crippen molar-refractivity contribution < 1.29 is 13.9 Å². The highest BCUT2D eigenvalue weighted by molar-refractivity contribution is 7.98. The second kappa shape index (κ2) is 9.52. The van der Waals surface area contributed by atoms with Gasteiger partial charge in [0.15, 0.2) is 5.16 Å². The molecule has 1 unspecified atom stereocenters. The van der Waals surface area contributed by atoms with Crippen molar-refractivity contribution in [1.82, 2.24) is 9.97 Å². The number of hydrogen-bond acceptors (Lipinski definition) is 7. The van der Waals surface area contributed by atoms with Gasteiger partial charge in [0, 0.05) is 17.5 Å². The monoisotopic (exact) mass is 410 g/mol. The maximum atomic E-state index is 12.5. The molecule has 0 aliphatic heterocycles. The first-order valence-corrected chi connectivity index (χ1v) is 10.3. The number of ether oxygens (including phenoxy) is 1. The average Bonchev–Trinajstić information content (AvgIpc) is 2.69. The van der Waals surface area contributed by atoms with Gasteiger partial charge in [0.2, 0.25) is 11.2 Å². The lowest BCUT2D eigenvalue weighted by Gasteiger charge is -2.13. The summed E-state index contributed by atoms with van der Waals surface area (Å²) in [5.41, 5.74) is 2.22. The first-order chi connectivity index (χ1) is 14.0. The standard InChI is InChI=1S/C22H22N2O4S/c1-4-18(16-8-6-5-7-9-16)21(26)28-20-12-27-17(11-19(20)25)13-29-22-23-14(2)10-15(3)24-22/h5-12,18H,4,13H2,1-3H3. The van der Waals surface area contributed by atoms with Gasteiger partial charge in [-0.05, 0) is 31.9 Å². The van der Waals surface area contributed by atoms with Crippen LogP contribution < -0.4 is 10.2 Å². The second-order valence-corrected chi connectivity index (χ2v) is 7.53. The Kier molecular flexibility index (Phi) is 6.82. The maximum Gasteiger partial charge on any atom is 0.319 e. The van der Waals surface area contributed by atoms with E-state index in [0.717, 1.165) is 17.0 Å². The third-order valence-electron chi connectivity index (χ3n) is 4.26.